The standard InChI is InChI=1S/C14H23N3OS.ClH/c1-14(9-15)4-5-17(10-14)8-11-7-16-13(19-11)12-3-2-6-18-12;/h7,12H,2-6,8-10,15H2,1H3;1H. The third kappa shape index (κ3) is 3.52. The Hall–Kier alpha value is -0.200. The first-order chi connectivity index (χ1) is 9.18. The van der Waals surface area contributed by atoms with Crippen molar-refractivity contribution in [2.45, 2.75) is 38.8 Å². The molecule has 0 amide bonds. The minimum atomic E-state index is 0. The van der Waals surface area contributed by atoms with Crippen molar-refractivity contribution < 1.29 is 4.74 Å². The van der Waals surface area contributed by atoms with E-state index in [4.69, 9.17) is 10.5 Å². The van der Waals surface area contributed by atoms with Gasteiger partial charge in [-0.1, -0.05) is 6.92 Å². The normalized spacial score (nSPS) is 30.6. The molecular formula is C14H24ClN3OS. The average molecular weight is 318 g/mol. The molecule has 3 rings (SSSR count). The van der Waals surface area contributed by atoms with Crippen LogP contribution in [-0.4, -0.2) is 36.1 Å². The van der Waals surface area contributed by atoms with Crippen molar-refractivity contribution in [2.24, 2.45) is 11.1 Å². The average Bonchev–Trinajstić information content (AvgIpc) is 3.11. The highest BCUT2D eigenvalue weighted by Gasteiger charge is 2.32. The summed E-state index contributed by atoms with van der Waals surface area (Å²) in [5.41, 5.74) is 6.17. The lowest BCUT2D eigenvalue weighted by Crippen LogP contribution is -2.30. The van der Waals surface area contributed by atoms with Crippen LogP contribution in [0.5, 0.6) is 0 Å². The van der Waals surface area contributed by atoms with Crippen molar-refractivity contribution in [2.75, 3.05) is 26.2 Å². The van der Waals surface area contributed by atoms with Crippen LogP contribution in [0.2, 0.25) is 0 Å². The molecule has 114 valence electrons. The summed E-state index contributed by atoms with van der Waals surface area (Å²) in [6, 6.07) is 0. The molecule has 6 heteroatoms. The van der Waals surface area contributed by atoms with Crippen LogP contribution >= 0.6 is 23.7 Å². The summed E-state index contributed by atoms with van der Waals surface area (Å²) >= 11 is 1.82. The molecule has 2 aliphatic rings. The largest absolute Gasteiger partial charge is 0.371 e. The maximum Gasteiger partial charge on any atom is 0.122 e. The van der Waals surface area contributed by atoms with Gasteiger partial charge >= 0.3 is 0 Å². The van der Waals surface area contributed by atoms with E-state index in [9.17, 15) is 0 Å². The monoisotopic (exact) mass is 317 g/mol. The van der Waals surface area contributed by atoms with Crippen molar-refractivity contribution in [1.29, 1.82) is 0 Å². The Morgan fingerprint density at radius 2 is 2.45 bits per heavy atom. The number of thiazole rings is 1. The Bertz CT molecular complexity index is 436. The minimum absolute atomic E-state index is 0. The van der Waals surface area contributed by atoms with Crippen molar-refractivity contribution in [3.05, 3.63) is 16.1 Å². The van der Waals surface area contributed by atoms with Crippen LogP contribution in [0.4, 0.5) is 0 Å². The Morgan fingerprint density at radius 3 is 3.10 bits per heavy atom. The molecule has 0 bridgehead atoms. The molecular weight excluding hydrogens is 294 g/mol. The van der Waals surface area contributed by atoms with Gasteiger partial charge in [-0.2, -0.15) is 0 Å². The SMILES string of the molecule is CC1(CN)CCN(Cc2cnc(C3CCCO3)s2)C1.Cl. The van der Waals surface area contributed by atoms with E-state index in [1.54, 1.807) is 0 Å². The van der Waals surface area contributed by atoms with E-state index in [1.807, 2.05) is 17.5 Å². The van der Waals surface area contributed by atoms with Gasteiger partial charge in [-0.05, 0) is 37.8 Å². The third-order valence-electron chi connectivity index (χ3n) is 4.29. The predicted molar refractivity (Wildman–Crippen MR) is 84.3 cm³/mol. The fourth-order valence-corrected chi connectivity index (χ4v) is 4.01. The summed E-state index contributed by atoms with van der Waals surface area (Å²) in [6.07, 6.45) is 5.79. The molecule has 2 unspecified atom stereocenters. The molecule has 2 saturated heterocycles. The Morgan fingerprint density at radius 1 is 1.60 bits per heavy atom. The molecule has 20 heavy (non-hydrogen) atoms. The van der Waals surface area contributed by atoms with Crippen LogP contribution in [0.25, 0.3) is 0 Å². The van der Waals surface area contributed by atoms with Gasteiger partial charge in [-0.25, -0.2) is 4.98 Å². The van der Waals surface area contributed by atoms with E-state index < -0.39 is 0 Å². The fraction of sp³-hybridized carbons (Fsp3) is 0.786. The summed E-state index contributed by atoms with van der Waals surface area (Å²) in [7, 11) is 0. The lowest BCUT2D eigenvalue weighted by molar-refractivity contribution is 0.111. The van der Waals surface area contributed by atoms with Crippen LogP contribution in [0.1, 0.15) is 42.2 Å². The van der Waals surface area contributed by atoms with E-state index in [0.29, 0.717) is 5.41 Å². The molecule has 3 heterocycles. The number of hydrogen-bond acceptors (Lipinski definition) is 5. The van der Waals surface area contributed by atoms with Gasteiger partial charge in [0.1, 0.15) is 11.1 Å². The number of hydrogen-bond donors (Lipinski definition) is 1. The smallest absolute Gasteiger partial charge is 0.122 e. The number of nitrogens with two attached hydrogens (primary N) is 1. The van der Waals surface area contributed by atoms with Crippen molar-refractivity contribution in [3.63, 3.8) is 0 Å². The second kappa shape index (κ2) is 6.71. The summed E-state index contributed by atoms with van der Waals surface area (Å²) < 4.78 is 5.69. The van der Waals surface area contributed by atoms with Gasteiger partial charge in [-0.15, -0.1) is 23.7 Å². The number of rotatable bonds is 4. The van der Waals surface area contributed by atoms with Gasteiger partial charge in [-0.3, -0.25) is 4.90 Å². The molecule has 4 nitrogen and oxygen atoms in total. The predicted octanol–water partition coefficient (Wildman–Crippen LogP) is 2.59. The summed E-state index contributed by atoms with van der Waals surface area (Å²) in [6.45, 7) is 7.24. The van der Waals surface area contributed by atoms with E-state index in [0.717, 1.165) is 44.2 Å². The molecule has 0 saturated carbocycles. The van der Waals surface area contributed by atoms with Gasteiger partial charge in [0.05, 0.1) is 0 Å². The molecule has 2 N–H and O–H groups in total. The number of halogens is 1. The van der Waals surface area contributed by atoms with Crippen LogP contribution in [-0.2, 0) is 11.3 Å². The van der Waals surface area contributed by atoms with E-state index in [-0.39, 0.29) is 18.5 Å². The highest BCUT2D eigenvalue weighted by molar-refractivity contribution is 7.11. The first kappa shape index (κ1) is 16.2. The fourth-order valence-electron chi connectivity index (χ4n) is 2.96. The zero-order chi connectivity index (χ0) is 13.3. The molecule has 1 aromatic heterocycles. The van der Waals surface area contributed by atoms with Gasteiger partial charge in [0.25, 0.3) is 0 Å². The topological polar surface area (TPSA) is 51.4 Å². The number of likely N-dealkylation sites (tertiary alicyclic amines) is 1. The van der Waals surface area contributed by atoms with E-state index in [1.165, 1.54) is 17.7 Å². The number of aromatic nitrogens is 1. The number of nitrogens with zero attached hydrogens (tertiary/aromatic N) is 2. The summed E-state index contributed by atoms with van der Waals surface area (Å²) in [5.74, 6) is 0. The Labute approximate surface area is 131 Å². The highest BCUT2D eigenvalue weighted by atomic mass is 35.5. The maximum atomic E-state index is 5.86. The third-order valence-corrected chi connectivity index (χ3v) is 5.36. The van der Waals surface area contributed by atoms with Crippen molar-refractivity contribution in [3.8, 4) is 0 Å². The van der Waals surface area contributed by atoms with Gasteiger partial charge in [0.15, 0.2) is 0 Å². The summed E-state index contributed by atoms with van der Waals surface area (Å²) in [5, 5.41) is 1.16. The van der Waals surface area contributed by atoms with Crippen molar-refractivity contribution >= 4 is 23.7 Å². The summed E-state index contributed by atoms with van der Waals surface area (Å²) in [4.78, 5) is 8.39. The zero-order valence-electron chi connectivity index (χ0n) is 12.0. The second-order valence-electron chi connectivity index (χ2n) is 6.14. The molecule has 0 radical (unpaired) electrons. The quantitative estimate of drug-likeness (QED) is 0.927. The highest BCUT2D eigenvalue weighted by Crippen LogP contribution is 2.33. The first-order valence-corrected chi connectivity index (χ1v) is 7.99. The molecule has 2 atom stereocenters. The Kier molecular flexibility index (Phi) is 5.42. The minimum Gasteiger partial charge on any atom is -0.371 e. The lowest BCUT2D eigenvalue weighted by Gasteiger charge is -2.22. The van der Waals surface area contributed by atoms with Crippen molar-refractivity contribution in [1.82, 2.24) is 9.88 Å². The van der Waals surface area contributed by atoms with Gasteiger partial charge in [0.2, 0.25) is 0 Å². The van der Waals surface area contributed by atoms with Gasteiger partial charge < -0.3 is 10.5 Å². The second-order valence-corrected chi connectivity index (χ2v) is 7.29. The van der Waals surface area contributed by atoms with E-state index in [2.05, 4.69) is 16.8 Å². The molecule has 1 aromatic rings. The van der Waals surface area contributed by atoms with Crippen LogP contribution in [0.15, 0.2) is 6.20 Å². The zero-order valence-corrected chi connectivity index (χ0v) is 13.6. The first-order valence-electron chi connectivity index (χ1n) is 7.17. The van der Waals surface area contributed by atoms with Crippen LogP contribution < -0.4 is 5.73 Å². The van der Waals surface area contributed by atoms with Crippen LogP contribution in [0.3, 0.4) is 0 Å². The maximum absolute atomic E-state index is 5.86. The Balaban J connectivity index is 0.00000147. The molecule has 0 aromatic carbocycles. The lowest BCUT2D eigenvalue weighted by atomic mass is 9.90. The van der Waals surface area contributed by atoms with Gasteiger partial charge in [0, 0.05) is 30.8 Å². The van der Waals surface area contributed by atoms with E-state index >= 15 is 0 Å². The molecule has 2 aliphatic heterocycles. The molecule has 0 spiro atoms. The molecule has 0 aliphatic carbocycles. The number of ether oxygens (including phenoxy) is 1. The van der Waals surface area contributed by atoms with Crippen LogP contribution in [0, 0.1) is 5.41 Å². The molecule has 2 fully saturated rings.